The lowest BCUT2D eigenvalue weighted by atomic mass is 9.70. The number of rotatable bonds is 15. The first-order valence-electron chi connectivity index (χ1n) is 17.7. The lowest BCUT2D eigenvalue weighted by Gasteiger charge is -2.33. The van der Waals surface area contributed by atoms with Gasteiger partial charge in [-0.2, -0.15) is 0 Å². The summed E-state index contributed by atoms with van der Waals surface area (Å²) in [7, 11) is 0. The highest BCUT2D eigenvalue weighted by Crippen LogP contribution is 2.61. The Balaban J connectivity index is 1.16. The van der Waals surface area contributed by atoms with Crippen molar-refractivity contribution in [1.29, 1.82) is 0 Å². The molecular weight excluding hydrogens is 604 g/mol. The van der Waals surface area contributed by atoms with E-state index in [2.05, 4.69) is 35.6 Å². The number of aromatic amines is 1. The van der Waals surface area contributed by atoms with Gasteiger partial charge in [0.2, 0.25) is 0 Å². The molecule has 2 heterocycles. The molecule has 4 aromatic rings. The number of nitrogens with one attached hydrogen (secondary N) is 1. The topological polar surface area (TPSA) is 160 Å². The summed E-state index contributed by atoms with van der Waals surface area (Å²) in [5, 5.41) is 31.8. The second-order valence-electron chi connectivity index (χ2n) is 14.6. The van der Waals surface area contributed by atoms with Crippen molar-refractivity contribution < 1.29 is 24.9 Å². The molecule has 0 radical (unpaired) electrons. The zero-order chi connectivity index (χ0) is 33.9. The van der Waals surface area contributed by atoms with E-state index in [0.29, 0.717) is 24.0 Å². The van der Waals surface area contributed by atoms with E-state index in [4.69, 9.17) is 16.2 Å². The number of ketones is 1. The van der Waals surface area contributed by atoms with E-state index >= 15 is 0 Å². The van der Waals surface area contributed by atoms with E-state index in [-0.39, 0.29) is 42.9 Å². The van der Waals surface area contributed by atoms with Crippen molar-refractivity contribution in [1.82, 2.24) is 9.55 Å². The monoisotopic (exact) mass is 656 g/mol. The van der Waals surface area contributed by atoms with Gasteiger partial charge in [0.25, 0.3) is 0 Å². The van der Waals surface area contributed by atoms with Crippen LogP contribution in [0.3, 0.4) is 0 Å². The van der Waals surface area contributed by atoms with E-state index < -0.39 is 18.4 Å². The number of phenolic OH excluding ortho intramolecular Hbond substituents is 1. The molecule has 258 valence electrons. The largest absolute Gasteiger partial charge is 0.504 e. The molecule has 1 spiro atoms. The molecule has 3 atom stereocenters. The molecule has 2 aromatic carbocycles. The van der Waals surface area contributed by atoms with Crippen LogP contribution in [0.15, 0.2) is 61.1 Å². The Kier molecular flexibility index (Phi) is 10.3. The fourth-order valence-electron chi connectivity index (χ4n) is 8.53. The van der Waals surface area contributed by atoms with Crippen molar-refractivity contribution in [3.63, 3.8) is 0 Å². The average Bonchev–Trinajstić information content (AvgIpc) is 3.85. The third-order valence-corrected chi connectivity index (χ3v) is 11.0. The first-order chi connectivity index (χ1) is 23.1. The van der Waals surface area contributed by atoms with E-state index in [1.807, 2.05) is 23.8 Å². The molecule has 9 nitrogen and oxygen atoms in total. The van der Waals surface area contributed by atoms with Crippen molar-refractivity contribution in [2.45, 2.75) is 121 Å². The summed E-state index contributed by atoms with van der Waals surface area (Å²) in [5.41, 5.74) is 17.9. The van der Waals surface area contributed by atoms with Crippen LogP contribution in [0.2, 0.25) is 0 Å². The van der Waals surface area contributed by atoms with Gasteiger partial charge in [0.1, 0.15) is 5.78 Å². The van der Waals surface area contributed by atoms with Crippen molar-refractivity contribution in [3.05, 3.63) is 83.3 Å². The smallest absolute Gasteiger partial charge is 0.165 e. The highest BCUT2D eigenvalue weighted by molar-refractivity contribution is 5.85. The molecular formula is C39H52N4O5. The zero-order valence-corrected chi connectivity index (χ0v) is 28.2. The number of Topliss-reactive ketones (excluding diaryl/α,β-unsaturated/α-hetero) is 1. The summed E-state index contributed by atoms with van der Waals surface area (Å²) in [6.45, 7) is 2.18. The van der Waals surface area contributed by atoms with Crippen LogP contribution in [0, 0.1) is 5.41 Å². The van der Waals surface area contributed by atoms with Crippen LogP contribution in [0.1, 0.15) is 112 Å². The van der Waals surface area contributed by atoms with Gasteiger partial charge in [0, 0.05) is 42.2 Å². The summed E-state index contributed by atoms with van der Waals surface area (Å²) in [6, 6.07) is 13.7. The van der Waals surface area contributed by atoms with Crippen LogP contribution in [-0.2, 0) is 23.4 Å². The van der Waals surface area contributed by atoms with Gasteiger partial charge in [-0.3, -0.25) is 4.79 Å². The molecule has 2 aromatic heterocycles. The van der Waals surface area contributed by atoms with Crippen molar-refractivity contribution in [2.24, 2.45) is 16.9 Å². The molecule has 2 saturated carbocycles. The zero-order valence-electron chi connectivity index (χ0n) is 28.2. The number of hydrogen-bond donors (Lipinski definition) is 6. The number of aliphatic hydroxyl groups excluding tert-OH is 2. The standard InChI is InChI=1S/C39H52N4O5/c1-2-6-29(44)19-31(46)20-30(45)11-9-26-10-12-35(47)36(17-26)48-25-43-22-32-33(21-42-34(32)23-43)39(16-15-38(24-39)13-3-4-14-38)28-8-5-7-27(18-28)37(40)41/h5,7-8,10,12,17-18,21-23,29,31,37,42,44,46-47H,2-4,6,9,11,13-16,19-20,24-25,40-41H2,1H3. The van der Waals surface area contributed by atoms with Gasteiger partial charge in [0.05, 0.1) is 23.9 Å². The number of carbonyl (C=O) groups excluding carboxylic acids is 1. The summed E-state index contributed by atoms with van der Waals surface area (Å²) in [6.07, 6.45) is 15.4. The molecule has 2 aliphatic carbocycles. The number of carbonyl (C=O) groups is 1. The molecule has 9 heteroatoms. The minimum atomic E-state index is -0.840. The van der Waals surface area contributed by atoms with E-state index in [0.717, 1.165) is 41.3 Å². The lowest BCUT2D eigenvalue weighted by molar-refractivity contribution is -0.121. The molecule has 2 fully saturated rings. The van der Waals surface area contributed by atoms with Gasteiger partial charge in [-0.25, -0.2) is 0 Å². The number of hydrogen-bond acceptors (Lipinski definition) is 7. The molecule has 48 heavy (non-hydrogen) atoms. The van der Waals surface area contributed by atoms with Crippen LogP contribution in [0.25, 0.3) is 10.9 Å². The maximum atomic E-state index is 12.5. The fraction of sp³-hybridized carbons (Fsp3) is 0.513. The number of aryl methyl sites for hydroxylation is 1. The van der Waals surface area contributed by atoms with Gasteiger partial charge in [-0.1, -0.05) is 56.5 Å². The molecule has 0 aliphatic heterocycles. The number of phenols is 1. The first-order valence-corrected chi connectivity index (χ1v) is 17.7. The molecule has 8 N–H and O–H groups in total. The number of aliphatic hydroxyl groups is 2. The van der Waals surface area contributed by atoms with Crippen molar-refractivity contribution in [2.75, 3.05) is 0 Å². The molecule has 2 aliphatic rings. The first kappa shape index (κ1) is 34.2. The predicted molar refractivity (Wildman–Crippen MR) is 188 cm³/mol. The molecule has 0 bridgehead atoms. The number of H-pyrrole nitrogens is 1. The van der Waals surface area contributed by atoms with Gasteiger partial charge >= 0.3 is 0 Å². The van der Waals surface area contributed by atoms with Crippen LogP contribution in [-0.4, -0.2) is 42.9 Å². The summed E-state index contributed by atoms with van der Waals surface area (Å²) in [5.74, 6) is 0.329. The average molecular weight is 657 g/mol. The number of aromatic hydroxyl groups is 1. The van der Waals surface area contributed by atoms with Crippen LogP contribution in [0.5, 0.6) is 11.5 Å². The second kappa shape index (κ2) is 14.5. The molecule has 0 amide bonds. The van der Waals surface area contributed by atoms with E-state index in [1.54, 1.807) is 18.2 Å². The summed E-state index contributed by atoms with van der Waals surface area (Å²) in [4.78, 5) is 16.0. The van der Waals surface area contributed by atoms with E-state index in [9.17, 15) is 20.1 Å². The van der Waals surface area contributed by atoms with Gasteiger partial charge in [-0.05, 0) is 91.2 Å². The predicted octanol–water partition coefficient (Wildman–Crippen LogP) is 6.46. The third-order valence-electron chi connectivity index (χ3n) is 11.0. The van der Waals surface area contributed by atoms with Crippen LogP contribution in [0.4, 0.5) is 0 Å². The van der Waals surface area contributed by atoms with Crippen LogP contribution >= 0.6 is 0 Å². The fourth-order valence-corrected chi connectivity index (χ4v) is 8.53. The number of aromatic nitrogens is 2. The summed E-state index contributed by atoms with van der Waals surface area (Å²) >= 11 is 0. The Labute approximate surface area is 283 Å². The SMILES string of the molecule is CCCC(O)CC(O)CC(=O)CCc1ccc(O)c(OCn2cc3[nH]cc(C4(c5cccc(C(N)N)c5)CCC5(CCCC5)C4)c3c2)c1. The highest BCUT2D eigenvalue weighted by atomic mass is 16.5. The Morgan fingerprint density at radius 1 is 1.04 bits per heavy atom. The summed E-state index contributed by atoms with van der Waals surface area (Å²) < 4.78 is 8.11. The Morgan fingerprint density at radius 2 is 1.85 bits per heavy atom. The van der Waals surface area contributed by atoms with Gasteiger partial charge in [-0.15, -0.1) is 0 Å². The van der Waals surface area contributed by atoms with Crippen molar-refractivity contribution in [3.8, 4) is 11.5 Å². The van der Waals surface area contributed by atoms with Gasteiger partial charge < -0.3 is 41.1 Å². The normalized spacial score (nSPS) is 20.2. The number of benzene rings is 2. The third kappa shape index (κ3) is 7.34. The minimum Gasteiger partial charge on any atom is -0.504 e. The molecule has 6 rings (SSSR count). The Hall–Kier alpha value is -3.63. The number of ether oxygens (including phenoxy) is 1. The van der Waals surface area contributed by atoms with E-state index in [1.165, 1.54) is 43.2 Å². The Bertz CT molecular complexity index is 1700. The number of nitrogens with two attached hydrogens (primary N) is 2. The van der Waals surface area contributed by atoms with Crippen LogP contribution < -0.4 is 16.2 Å². The maximum absolute atomic E-state index is 12.5. The van der Waals surface area contributed by atoms with Gasteiger partial charge in [0.15, 0.2) is 18.2 Å². The molecule has 3 unspecified atom stereocenters. The maximum Gasteiger partial charge on any atom is 0.165 e. The molecule has 0 saturated heterocycles. The minimum absolute atomic E-state index is 0.0270. The van der Waals surface area contributed by atoms with Crippen molar-refractivity contribution >= 4 is 16.7 Å². The Morgan fingerprint density at radius 3 is 2.62 bits per heavy atom. The number of fused-ring (bicyclic) bond motifs is 1. The lowest BCUT2D eigenvalue weighted by Crippen LogP contribution is -2.27. The number of nitrogens with zero attached hydrogens (tertiary/aromatic N) is 1. The highest BCUT2D eigenvalue weighted by Gasteiger charge is 2.51. The second-order valence-corrected chi connectivity index (χ2v) is 14.6. The quantitative estimate of drug-likeness (QED) is 0.0801.